The molecule has 1 spiro atoms. The molecule has 0 radical (unpaired) electrons. The van der Waals surface area contributed by atoms with E-state index in [0.717, 1.165) is 54.1 Å². The van der Waals surface area contributed by atoms with Gasteiger partial charge < -0.3 is 15.0 Å². The van der Waals surface area contributed by atoms with Gasteiger partial charge in [-0.1, -0.05) is 12.8 Å². The zero-order chi connectivity index (χ0) is 20.8. The molecule has 1 saturated carbocycles. The Morgan fingerprint density at radius 2 is 2.03 bits per heavy atom. The van der Waals surface area contributed by atoms with Crippen molar-refractivity contribution in [2.24, 2.45) is 5.41 Å². The Morgan fingerprint density at radius 1 is 1.31 bits per heavy atom. The molecule has 29 heavy (non-hydrogen) atoms. The second kappa shape index (κ2) is 7.45. The van der Waals surface area contributed by atoms with Gasteiger partial charge in [-0.3, -0.25) is 4.40 Å². The first-order valence-electron chi connectivity index (χ1n) is 10.4. The van der Waals surface area contributed by atoms with Crippen molar-refractivity contribution in [3.05, 3.63) is 22.6 Å². The molecular weight excluding hydrogens is 434 g/mol. The van der Waals surface area contributed by atoms with E-state index in [4.69, 9.17) is 9.72 Å². The Labute approximate surface area is 180 Å². The Morgan fingerprint density at radius 3 is 2.72 bits per heavy atom. The van der Waals surface area contributed by atoms with Gasteiger partial charge in [0.15, 0.2) is 5.65 Å². The van der Waals surface area contributed by atoms with Gasteiger partial charge in [0, 0.05) is 25.5 Å². The number of imidazole rings is 1. The third kappa shape index (κ3) is 3.96. The lowest BCUT2D eigenvalue weighted by atomic mass is 9.73. The van der Waals surface area contributed by atoms with Crippen LogP contribution in [0.25, 0.3) is 5.65 Å². The van der Waals surface area contributed by atoms with E-state index in [2.05, 4.69) is 31.1 Å². The molecule has 2 aromatic rings. The molecule has 3 heterocycles. The molecule has 1 amide bonds. The van der Waals surface area contributed by atoms with Crippen LogP contribution in [0.15, 0.2) is 16.9 Å². The van der Waals surface area contributed by atoms with Crippen LogP contribution in [0.1, 0.15) is 58.6 Å². The third-order valence-electron chi connectivity index (χ3n) is 6.23. The summed E-state index contributed by atoms with van der Waals surface area (Å²) in [5, 5.41) is 3.21. The van der Waals surface area contributed by atoms with Crippen LogP contribution < -0.4 is 10.2 Å². The third-order valence-corrected chi connectivity index (χ3v) is 7.16. The van der Waals surface area contributed by atoms with Crippen LogP contribution in [-0.4, -0.2) is 45.2 Å². The van der Waals surface area contributed by atoms with Crippen molar-refractivity contribution in [2.45, 2.75) is 71.4 Å². The van der Waals surface area contributed by atoms with E-state index < -0.39 is 5.60 Å². The summed E-state index contributed by atoms with van der Waals surface area (Å²) in [6.07, 6.45) is 9.23. The monoisotopic (exact) mass is 463 g/mol. The zero-order valence-electron chi connectivity index (χ0n) is 17.7. The minimum Gasteiger partial charge on any atom is -0.444 e. The highest BCUT2D eigenvalue weighted by Gasteiger charge is 2.46. The molecule has 1 unspecified atom stereocenters. The molecular formula is C21H30BrN5O2. The number of aryl methyl sites for hydroxylation is 1. The number of hydrogen-bond donors (Lipinski definition) is 1. The van der Waals surface area contributed by atoms with Crippen molar-refractivity contribution >= 4 is 33.6 Å². The average molecular weight is 464 g/mol. The van der Waals surface area contributed by atoms with E-state index in [0.29, 0.717) is 0 Å². The number of rotatable bonds is 2. The summed E-state index contributed by atoms with van der Waals surface area (Å²) >= 11 is 3.60. The van der Waals surface area contributed by atoms with Crippen LogP contribution in [0.2, 0.25) is 0 Å². The van der Waals surface area contributed by atoms with Crippen LogP contribution in [0, 0.1) is 12.3 Å². The highest BCUT2D eigenvalue weighted by Crippen LogP contribution is 2.47. The molecule has 2 aromatic heterocycles. The number of amides is 1. The summed E-state index contributed by atoms with van der Waals surface area (Å²) in [6, 6.07) is 0.0397. The van der Waals surface area contributed by atoms with E-state index in [1.54, 1.807) is 6.20 Å². The molecule has 158 valence electrons. The smallest absolute Gasteiger partial charge is 0.407 e. The molecule has 4 rings (SSSR count). The van der Waals surface area contributed by atoms with Crippen molar-refractivity contribution in [2.75, 3.05) is 18.0 Å². The van der Waals surface area contributed by atoms with Crippen molar-refractivity contribution in [1.82, 2.24) is 19.7 Å². The SMILES string of the molecule is Cc1nc(N2CCC3(CCCC3)C(NC(=O)OC(C)(C)C)C2)n2ccnc2c1Br. The number of carbonyl (C=O) groups excluding carboxylic acids is 1. The van der Waals surface area contributed by atoms with E-state index >= 15 is 0 Å². The highest BCUT2D eigenvalue weighted by atomic mass is 79.9. The quantitative estimate of drug-likeness (QED) is 0.711. The number of fused-ring (bicyclic) bond motifs is 1. The van der Waals surface area contributed by atoms with E-state index in [9.17, 15) is 4.79 Å². The van der Waals surface area contributed by atoms with Crippen LogP contribution in [0.4, 0.5) is 10.7 Å². The highest BCUT2D eigenvalue weighted by molar-refractivity contribution is 9.10. The predicted molar refractivity (Wildman–Crippen MR) is 116 cm³/mol. The number of alkyl carbamates (subject to hydrolysis) is 1. The summed E-state index contributed by atoms with van der Waals surface area (Å²) in [5.74, 6) is 0.877. The van der Waals surface area contributed by atoms with Crippen molar-refractivity contribution in [1.29, 1.82) is 0 Å². The van der Waals surface area contributed by atoms with Gasteiger partial charge in [0.2, 0.25) is 5.95 Å². The van der Waals surface area contributed by atoms with Gasteiger partial charge in [-0.05, 0) is 68.3 Å². The zero-order valence-corrected chi connectivity index (χ0v) is 19.3. The number of anilines is 1. The van der Waals surface area contributed by atoms with Crippen molar-refractivity contribution < 1.29 is 9.53 Å². The number of halogens is 1. The maximum absolute atomic E-state index is 12.6. The molecule has 0 bridgehead atoms. The Balaban J connectivity index is 1.62. The molecule has 1 atom stereocenters. The molecule has 8 heteroatoms. The number of nitrogens with one attached hydrogen (secondary N) is 1. The molecule has 1 aliphatic carbocycles. The normalized spacial score (nSPS) is 21.7. The fourth-order valence-corrected chi connectivity index (χ4v) is 5.19. The van der Waals surface area contributed by atoms with Crippen LogP contribution in [0.3, 0.4) is 0 Å². The Bertz CT molecular complexity index is 914. The molecule has 7 nitrogen and oxygen atoms in total. The lowest BCUT2D eigenvalue weighted by Crippen LogP contribution is -2.58. The number of piperidine rings is 1. The van der Waals surface area contributed by atoms with Gasteiger partial charge in [-0.2, -0.15) is 0 Å². The first-order valence-corrected chi connectivity index (χ1v) is 11.2. The number of ether oxygens (including phenoxy) is 1. The second-order valence-electron chi connectivity index (χ2n) is 9.40. The first-order chi connectivity index (χ1) is 13.7. The number of aromatic nitrogens is 3. The Hall–Kier alpha value is -1.83. The maximum atomic E-state index is 12.6. The van der Waals surface area contributed by atoms with Crippen LogP contribution in [-0.2, 0) is 4.74 Å². The van der Waals surface area contributed by atoms with E-state index in [-0.39, 0.29) is 17.6 Å². The summed E-state index contributed by atoms with van der Waals surface area (Å²) in [4.78, 5) is 24.2. The fraction of sp³-hybridized carbons (Fsp3) is 0.667. The predicted octanol–water partition coefficient (Wildman–Crippen LogP) is 4.46. The summed E-state index contributed by atoms with van der Waals surface area (Å²) < 4.78 is 8.51. The van der Waals surface area contributed by atoms with Crippen LogP contribution >= 0.6 is 15.9 Å². The maximum Gasteiger partial charge on any atom is 0.407 e. The van der Waals surface area contributed by atoms with Gasteiger partial charge in [-0.15, -0.1) is 0 Å². The van der Waals surface area contributed by atoms with Crippen molar-refractivity contribution in [3.8, 4) is 0 Å². The summed E-state index contributed by atoms with van der Waals surface area (Å²) in [7, 11) is 0. The summed E-state index contributed by atoms with van der Waals surface area (Å²) in [5.41, 5.74) is 1.43. The van der Waals surface area contributed by atoms with Gasteiger partial charge in [-0.25, -0.2) is 14.8 Å². The molecule has 1 N–H and O–H groups in total. The fourth-order valence-electron chi connectivity index (χ4n) is 4.81. The van der Waals surface area contributed by atoms with E-state index in [1.807, 2.05) is 38.3 Å². The van der Waals surface area contributed by atoms with Gasteiger partial charge in [0.05, 0.1) is 16.2 Å². The number of hydrogen-bond acceptors (Lipinski definition) is 5. The average Bonchev–Trinajstić information content (AvgIpc) is 3.29. The summed E-state index contributed by atoms with van der Waals surface area (Å²) in [6.45, 7) is 9.33. The number of carbonyl (C=O) groups is 1. The molecule has 0 aromatic carbocycles. The van der Waals surface area contributed by atoms with Gasteiger partial charge in [0.1, 0.15) is 5.60 Å². The minimum atomic E-state index is -0.505. The molecule has 1 saturated heterocycles. The lowest BCUT2D eigenvalue weighted by molar-refractivity contribution is 0.0420. The van der Waals surface area contributed by atoms with Crippen molar-refractivity contribution in [3.63, 3.8) is 0 Å². The largest absolute Gasteiger partial charge is 0.444 e. The topological polar surface area (TPSA) is 71.8 Å². The molecule has 2 aliphatic rings. The molecule has 1 aliphatic heterocycles. The first kappa shape index (κ1) is 20.4. The second-order valence-corrected chi connectivity index (χ2v) is 10.2. The van der Waals surface area contributed by atoms with Crippen LogP contribution in [0.5, 0.6) is 0 Å². The number of nitrogens with zero attached hydrogens (tertiary/aromatic N) is 4. The minimum absolute atomic E-state index is 0.0397. The standard InChI is InChI=1S/C21H30BrN5O2/c1-14-16(22)17-23-10-12-27(17)18(24-14)26-11-9-21(7-5-6-8-21)15(13-26)25-19(28)29-20(2,3)4/h10,12,15H,5-9,11,13H2,1-4H3,(H,25,28). The molecule has 2 fully saturated rings. The van der Waals surface area contributed by atoms with Gasteiger partial charge in [0.25, 0.3) is 0 Å². The lowest BCUT2D eigenvalue weighted by Gasteiger charge is -2.46. The van der Waals surface area contributed by atoms with Gasteiger partial charge >= 0.3 is 6.09 Å². The van der Waals surface area contributed by atoms with E-state index in [1.165, 1.54) is 12.8 Å². The Kier molecular flexibility index (Phi) is 5.25.